The summed E-state index contributed by atoms with van der Waals surface area (Å²) in [4.78, 5) is 75.6. The number of benzene rings is 2. The number of amides is 4. The Morgan fingerprint density at radius 3 is 1.34 bits per heavy atom. The highest BCUT2D eigenvalue weighted by atomic mass is 16.5. The van der Waals surface area contributed by atoms with Crippen LogP contribution in [0, 0.1) is 23.7 Å². The van der Waals surface area contributed by atoms with Gasteiger partial charge in [-0.3, -0.25) is 9.59 Å². The zero-order chi connectivity index (χ0) is 48.8. The van der Waals surface area contributed by atoms with E-state index in [0.717, 1.165) is 109 Å². The fourth-order valence-electron chi connectivity index (χ4n) is 13.5. The van der Waals surface area contributed by atoms with Crippen LogP contribution in [0.3, 0.4) is 0 Å². The lowest BCUT2D eigenvalue weighted by atomic mass is 9.77. The number of aromatic nitrogens is 4. The summed E-state index contributed by atoms with van der Waals surface area (Å²) in [5.41, 5.74) is 5.81. The van der Waals surface area contributed by atoms with Crippen LogP contribution in [-0.4, -0.2) is 117 Å². The van der Waals surface area contributed by atoms with Crippen molar-refractivity contribution in [3.63, 3.8) is 0 Å². The first-order valence-corrected chi connectivity index (χ1v) is 25.8. The molecule has 2 saturated carbocycles. The number of aromatic amines is 2. The summed E-state index contributed by atoms with van der Waals surface area (Å²) >= 11 is 0. The van der Waals surface area contributed by atoms with Gasteiger partial charge in [0.1, 0.15) is 23.7 Å². The predicted molar refractivity (Wildman–Crippen MR) is 262 cm³/mol. The van der Waals surface area contributed by atoms with Crippen LogP contribution >= 0.6 is 0 Å². The number of methoxy groups -OCH3 is 2. The number of H-pyrrole nitrogens is 2. The number of ether oxygens (including phenoxy) is 4. The van der Waals surface area contributed by atoms with Gasteiger partial charge in [-0.05, 0) is 138 Å². The van der Waals surface area contributed by atoms with Crippen molar-refractivity contribution >= 4 is 24.0 Å². The maximum Gasteiger partial charge on any atom is 0.407 e. The molecule has 0 unspecified atom stereocenters. The molecule has 4 amide bonds. The first-order valence-electron chi connectivity index (χ1n) is 25.8. The minimum Gasteiger partial charge on any atom is -0.453 e. The molecule has 16 nitrogen and oxygen atoms in total. The summed E-state index contributed by atoms with van der Waals surface area (Å²) in [7, 11) is 2.68. The van der Waals surface area contributed by atoms with E-state index in [-0.39, 0.29) is 84.1 Å². The van der Waals surface area contributed by atoms with Crippen LogP contribution in [-0.2, 0) is 28.5 Å². The zero-order valence-corrected chi connectivity index (χ0v) is 41.4. The molecular formula is C54H70N8O8. The second-order valence-electron chi connectivity index (χ2n) is 21.1. The Balaban J connectivity index is 0.812. The van der Waals surface area contributed by atoms with Crippen molar-refractivity contribution in [1.29, 1.82) is 0 Å². The van der Waals surface area contributed by atoms with Gasteiger partial charge in [0.25, 0.3) is 0 Å². The molecule has 2 aliphatic carbocycles. The molecule has 6 fully saturated rings. The molecule has 2 aromatic heterocycles. The van der Waals surface area contributed by atoms with E-state index in [1.165, 1.54) is 14.2 Å². The first-order chi connectivity index (χ1) is 33.9. The number of hydrogen-bond donors (Lipinski definition) is 4. The van der Waals surface area contributed by atoms with Crippen LogP contribution in [0.2, 0.25) is 0 Å². The van der Waals surface area contributed by atoms with E-state index in [1.54, 1.807) is 0 Å². The topological polar surface area (TPSA) is 193 Å². The van der Waals surface area contributed by atoms with Gasteiger partial charge in [0, 0.05) is 12.1 Å². The minimum absolute atomic E-state index is 0.00458. The minimum atomic E-state index is -0.715. The zero-order valence-electron chi connectivity index (χ0n) is 41.4. The average Bonchev–Trinajstić information content (AvgIpc) is 4.24. The van der Waals surface area contributed by atoms with Crippen molar-refractivity contribution in [2.24, 2.45) is 23.7 Å². The quantitative estimate of drug-likeness (QED) is 0.113. The van der Waals surface area contributed by atoms with Crippen LogP contribution in [0.25, 0.3) is 33.6 Å². The van der Waals surface area contributed by atoms with Crippen molar-refractivity contribution < 1.29 is 38.1 Å². The van der Waals surface area contributed by atoms with Gasteiger partial charge in [0.15, 0.2) is 0 Å². The number of carbonyl (C=O) groups is 4. The molecule has 6 aliphatic rings. The second-order valence-corrected chi connectivity index (χ2v) is 21.1. The van der Waals surface area contributed by atoms with Crippen molar-refractivity contribution in [1.82, 2.24) is 40.4 Å². The molecule has 374 valence electrons. The molecule has 0 radical (unpaired) electrons. The highest BCUT2D eigenvalue weighted by Gasteiger charge is 2.51. The number of alkyl carbamates (subject to hydrolysis) is 2. The van der Waals surface area contributed by atoms with Crippen molar-refractivity contribution in [3.8, 4) is 33.6 Å². The molecule has 6 heterocycles. The SMILES string of the molecule is COC(=O)N[C@H](C(=O)N1[C@@H](C)CC[C@H]1c1ncc(-c2ccc(-c3ccc(-c4cnc([C@@H]5CC[C@H](C)N5C(=O)[C@@H](NC(=O)OC)[C@H]5C[C@@H](C)O[C@H]6CCC[C@@H]56)[nH]4)cc3)cc2)[nH]1)[C@H]1C[C@@H](C)O[C@H]2CCC[C@@H]12. The van der Waals surface area contributed by atoms with Gasteiger partial charge in [0.2, 0.25) is 11.8 Å². The van der Waals surface area contributed by atoms with Gasteiger partial charge >= 0.3 is 12.2 Å². The number of nitrogens with one attached hydrogen (secondary N) is 4. The Labute approximate surface area is 410 Å². The molecule has 2 aromatic carbocycles. The molecule has 4 aromatic rings. The van der Waals surface area contributed by atoms with Gasteiger partial charge in [-0.25, -0.2) is 19.6 Å². The summed E-state index contributed by atoms with van der Waals surface area (Å²) in [5, 5.41) is 5.94. The molecule has 4 N–H and O–H groups in total. The summed E-state index contributed by atoms with van der Waals surface area (Å²) in [6, 6.07) is 14.7. The highest BCUT2D eigenvalue weighted by Crippen LogP contribution is 2.47. The van der Waals surface area contributed by atoms with Crippen LogP contribution in [0.1, 0.15) is 128 Å². The smallest absolute Gasteiger partial charge is 0.407 e. The molecule has 70 heavy (non-hydrogen) atoms. The fraction of sp³-hybridized carbons (Fsp3) is 0.593. The second kappa shape index (κ2) is 20.2. The van der Waals surface area contributed by atoms with Crippen molar-refractivity contribution in [2.45, 2.75) is 165 Å². The number of fused-ring (bicyclic) bond motifs is 2. The van der Waals surface area contributed by atoms with Crippen molar-refractivity contribution in [3.05, 3.63) is 72.6 Å². The van der Waals surface area contributed by atoms with Crippen LogP contribution in [0.5, 0.6) is 0 Å². The van der Waals surface area contributed by atoms with E-state index < -0.39 is 24.3 Å². The largest absolute Gasteiger partial charge is 0.453 e. The van der Waals surface area contributed by atoms with Crippen LogP contribution < -0.4 is 10.6 Å². The molecular weight excluding hydrogens is 889 g/mol. The monoisotopic (exact) mass is 959 g/mol. The molecule has 14 atom stereocenters. The first kappa shape index (κ1) is 47.9. The lowest BCUT2D eigenvalue weighted by Crippen LogP contribution is -2.57. The van der Waals surface area contributed by atoms with E-state index in [1.807, 2.05) is 22.2 Å². The third-order valence-electron chi connectivity index (χ3n) is 16.8. The molecule has 0 spiro atoms. The molecule has 10 rings (SSSR count). The van der Waals surface area contributed by atoms with Gasteiger partial charge in [-0.2, -0.15) is 0 Å². The normalized spacial score (nSPS) is 31.4. The lowest BCUT2D eigenvalue weighted by molar-refractivity contribution is -0.144. The maximum absolute atomic E-state index is 14.7. The third-order valence-corrected chi connectivity index (χ3v) is 16.8. The Morgan fingerprint density at radius 2 is 0.957 bits per heavy atom. The number of nitrogens with zero attached hydrogens (tertiary/aromatic N) is 4. The van der Waals surface area contributed by atoms with Gasteiger partial charge < -0.3 is 49.3 Å². The third kappa shape index (κ3) is 9.33. The van der Waals surface area contributed by atoms with E-state index >= 15 is 0 Å². The van der Waals surface area contributed by atoms with Crippen molar-refractivity contribution in [2.75, 3.05) is 14.2 Å². The fourth-order valence-corrected chi connectivity index (χ4v) is 13.5. The maximum atomic E-state index is 14.7. The number of likely N-dealkylation sites (tertiary alicyclic amines) is 2. The molecule has 16 heteroatoms. The van der Waals surface area contributed by atoms with Gasteiger partial charge in [-0.15, -0.1) is 0 Å². The van der Waals surface area contributed by atoms with E-state index in [0.29, 0.717) is 12.8 Å². The predicted octanol–water partition coefficient (Wildman–Crippen LogP) is 8.87. The Morgan fingerprint density at radius 1 is 0.571 bits per heavy atom. The number of rotatable bonds is 11. The number of imidazole rings is 2. The standard InChI is InChI=1S/C54H70N8O8/c1-29-13-23-43(61(29)51(63)47(59-53(65)67-5)39-25-31(3)69-45-11-7-9-37(39)45)49-55-27-41(57-49)35-19-15-33(16-20-35)34-17-21-36(22-18-34)42-28-56-50(58-42)44-24-14-30(2)62(44)52(64)48(60-54(66)68-6)40-26-32(4)70-46-12-8-10-38(40)46/h15-22,27-32,37-40,43-48H,7-14,23-26H2,1-6H3,(H,55,57)(H,56,58)(H,59,65)(H,60,66)/t29-,30-,31+,32+,37-,38-,39-,40-,43-,44-,45-,46-,47-,48-/m0/s1. The Hall–Kier alpha value is -5.74. The average molecular weight is 959 g/mol. The summed E-state index contributed by atoms with van der Waals surface area (Å²) in [6.45, 7) is 8.28. The number of hydrogen-bond acceptors (Lipinski definition) is 10. The Kier molecular flexibility index (Phi) is 13.8. The Bertz CT molecular complexity index is 2340. The lowest BCUT2D eigenvalue weighted by Gasteiger charge is -2.43. The number of carbonyl (C=O) groups excluding carboxylic acids is 4. The van der Waals surface area contributed by atoms with E-state index in [9.17, 15) is 19.2 Å². The van der Waals surface area contributed by atoms with Crippen LogP contribution in [0.4, 0.5) is 9.59 Å². The molecule has 4 saturated heterocycles. The summed E-state index contributed by atoms with van der Waals surface area (Å²) in [5.74, 6) is 1.63. The van der Waals surface area contributed by atoms with Gasteiger partial charge in [0.05, 0.1) is 74.5 Å². The van der Waals surface area contributed by atoms with Crippen LogP contribution in [0.15, 0.2) is 60.9 Å². The molecule has 0 bridgehead atoms. The molecule has 4 aliphatic heterocycles. The van der Waals surface area contributed by atoms with Gasteiger partial charge in [-0.1, -0.05) is 61.4 Å². The van der Waals surface area contributed by atoms with E-state index in [2.05, 4.69) is 96.8 Å². The van der Waals surface area contributed by atoms with E-state index in [4.69, 9.17) is 28.9 Å². The summed E-state index contributed by atoms with van der Waals surface area (Å²) < 4.78 is 22.7. The highest BCUT2D eigenvalue weighted by molar-refractivity contribution is 5.88. The summed E-state index contributed by atoms with van der Waals surface area (Å²) in [6.07, 6.45) is 13.3.